The van der Waals surface area contributed by atoms with E-state index in [-0.39, 0.29) is 11.5 Å². The lowest BCUT2D eigenvalue weighted by Gasteiger charge is -2.60. The summed E-state index contributed by atoms with van der Waals surface area (Å²) in [6.07, 6.45) is 65.7. The standard InChI is InChI=1S/C53H59NOS/c1-2-13-34(14-3-1)35-25-28-37(29-26-35)54(47-21-12-18-41-40-17-6-11-24-50(40)56-52(41)47)38-30-32-43-42(33-38)51-39-16-5-4-15-36(39)27-31-46(51)53(43)44-19-7-9-22-48(44)55-49-23-10-8-20-45(49)53/h2,5-9,12-14,16-20,22,25,28,30,32,38,41-49,51-52H,1,3-4,10-11,15,21,23-24,26-27,29,31,33H2. The lowest BCUT2D eigenvalue weighted by Crippen LogP contribution is -2.59. The maximum absolute atomic E-state index is 7.11. The minimum absolute atomic E-state index is 0.190. The number of hydrogen-bond donors (Lipinski definition) is 0. The first-order valence-corrected chi connectivity index (χ1v) is 23.7. The van der Waals surface area contributed by atoms with Crippen molar-refractivity contribution in [1.82, 2.24) is 4.90 Å². The second-order valence-corrected chi connectivity index (χ2v) is 20.3. The molecule has 0 aromatic rings. The van der Waals surface area contributed by atoms with Crippen molar-refractivity contribution in [3.63, 3.8) is 0 Å². The molecule has 13 unspecified atom stereocenters. The van der Waals surface area contributed by atoms with Gasteiger partial charge >= 0.3 is 0 Å². The number of ether oxygens (including phenoxy) is 1. The molecule has 0 radical (unpaired) electrons. The first-order valence-electron chi connectivity index (χ1n) is 22.8. The van der Waals surface area contributed by atoms with E-state index in [2.05, 4.69) is 132 Å². The van der Waals surface area contributed by atoms with Gasteiger partial charge in [-0.15, -0.1) is 11.8 Å². The summed E-state index contributed by atoms with van der Waals surface area (Å²) in [5.41, 5.74) is 9.99. The van der Waals surface area contributed by atoms with Crippen LogP contribution in [-0.2, 0) is 4.74 Å². The van der Waals surface area contributed by atoms with Gasteiger partial charge in [0.05, 0.1) is 12.2 Å². The van der Waals surface area contributed by atoms with Gasteiger partial charge in [0.15, 0.2) is 0 Å². The lowest BCUT2D eigenvalue weighted by molar-refractivity contribution is -0.176. The molecule has 0 N–H and O–H groups in total. The molecule has 0 bridgehead atoms. The van der Waals surface area contributed by atoms with Crippen molar-refractivity contribution in [1.29, 1.82) is 0 Å². The molecular weight excluding hydrogens is 699 g/mol. The van der Waals surface area contributed by atoms with Crippen molar-refractivity contribution >= 4 is 11.8 Å². The molecule has 2 heterocycles. The van der Waals surface area contributed by atoms with Gasteiger partial charge in [-0.2, -0.15) is 0 Å². The minimum Gasteiger partial charge on any atom is -0.370 e. The fraction of sp³-hybridized carbons (Fsp3) is 0.509. The molecule has 2 nitrogen and oxygen atoms in total. The van der Waals surface area contributed by atoms with Crippen LogP contribution in [-0.4, -0.2) is 34.4 Å². The van der Waals surface area contributed by atoms with Crippen molar-refractivity contribution in [2.24, 2.45) is 46.8 Å². The number of rotatable bonds is 4. The average molecular weight is 758 g/mol. The van der Waals surface area contributed by atoms with Gasteiger partial charge in [0.1, 0.15) is 0 Å². The predicted molar refractivity (Wildman–Crippen MR) is 232 cm³/mol. The monoisotopic (exact) mass is 757 g/mol. The smallest absolute Gasteiger partial charge is 0.0831 e. The molecule has 3 heteroatoms. The molecular formula is C53H59NOS. The summed E-state index contributed by atoms with van der Waals surface area (Å²) in [6.45, 7) is 0. The van der Waals surface area contributed by atoms with Crippen molar-refractivity contribution in [3.05, 3.63) is 154 Å². The maximum Gasteiger partial charge on any atom is 0.0831 e. The van der Waals surface area contributed by atoms with Crippen LogP contribution in [0.1, 0.15) is 89.9 Å². The summed E-state index contributed by atoms with van der Waals surface area (Å²) in [4.78, 5) is 4.73. The third-order valence-electron chi connectivity index (χ3n) is 16.8. The zero-order valence-electron chi connectivity index (χ0n) is 33.1. The summed E-state index contributed by atoms with van der Waals surface area (Å²) in [6, 6.07) is 0.920. The largest absolute Gasteiger partial charge is 0.370 e. The molecule has 13 atom stereocenters. The molecule has 0 aromatic heterocycles. The Bertz CT molecular complexity index is 2070. The normalized spacial score (nSPS) is 43.7. The number of allylic oxidation sites excluding steroid dienone is 21. The topological polar surface area (TPSA) is 12.5 Å². The Morgan fingerprint density at radius 3 is 2.52 bits per heavy atom. The van der Waals surface area contributed by atoms with Crippen LogP contribution in [0.25, 0.3) is 0 Å². The number of fused-ring (bicyclic) bond motifs is 12. The Morgan fingerprint density at radius 2 is 1.61 bits per heavy atom. The molecule has 2 aliphatic heterocycles. The number of nitrogens with zero attached hydrogens (tertiary/aromatic N) is 1. The van der Waals surface area contributed by atoms with Gasteiger partial charge in [0, 0.05) is 40.8 Å². The summed E-state index contributed by atoms with van der Waals surface area (Å²) in [7, 11) is 0. The van der Waals surface area contributed by atoms with Crippen LogP contribution in [0.2, 0.25) is 0 Å². The van der Waals surface area contributed by atoms with E-state index in [4.69, 9.17) is 4.74 Å². The van der Waals surface area contributed by atoms with Crippen LogP contribution in [0.3, 0.4) is 0 Å². The molecule has 2 fully saturated rings. The van der Waals surface area contributed by atoms with Crippen LogP contribution in [0, 0.1) is 46.8 Å². The van der Waals surface area contributed by atoms with Gasteiger partial charge in [-0.3, -0.25) is 0 Å². The quantitative estimate of drug-likeness (QED) is 0.265. The van der Waals surface area contributed by atoms with Crippen LogP contribution in [0.15, 0.2) is 154 Å². The summed E-state index contributed by atoms with van der Waals surface area (Å²) >= 11 is 2.26. The molecule has 1 saturated heterocycles. The van der Waals surface area contributed by atoms with E-state index in [1.807, 2.05) is 0 Å². The molecule has 10 aliphatic carbocycles. The Balaban J connectivity index is 0.981. The van der Waals surface area contributed by atoms with E-state index in [9.17, 15) is 0 Å². The van der Waals surface area contributed by atoms with E-state index in [0.29, 0.717) is 64.9 Å². The first-order chi connectivity index (χ1) is 27.8. The van der Waals surface area contributed by atoms with E-state index in [0.717, 1.165) is 25.7 Å². The molecule has 288 valence electrons. The van der Waals surface area contributed by atoms with Crippen molar-refractivity contribution in [2.45, 2.75) is 119 Å². The fourth-order valence-electron chi connectivity index (χ4n) is 14.8. The van der Waals surface area contributed by atoms with Gasteiger partial charge in [0.25, 0.3) is 0 Å². The molecule has 0 aromatic carbocycles. The van der Waals surface area contributed by atoms with Crippen LogP contribution < -0.4 is 0 Å². The first kappa shape index (κ1) is 34.7. The van der Waals surface area contributed by atoms with Gasteiger partial charge in [-0.25, -0.2) is 0 Å². The molecule has 12 rings (SSSR count). The highest BCUT2D eigenvalue weighted by Gasteiger charge is 2.70. The molecule has 12 aliphatic rings. The lowest BCUT2D eigenvalue weighted by atomic mass is 9.49. The Labute approximate surface area is 340 Å². The summed E-state index contributed by atoms with van der Waals surface area (Å²) in [5, 5.41) is 0.589. The van der Waals surface area contributed by atoms with Gasteiger partial charge in [-0.1, -0.05) is 115 Å². The second kappa shape index (κ2) is 13.9. The second-order valence-electron chi connectivity index (χ2n) is 19.1. The highest BCUT2D eigenvalue weighted by Crippen LogP contribution is 2.73. The van der Waals surface area contributed by atoms with Crippen LogP contribution in [0.5, 0.6) is 0 Å². The Kier molecular flexibility index (Phi) is 8.65. The van der Waals surface area contributed by atoms with E-state index < -0.39 is 0 Å². The Morgan fingerprint density at radius 1 is 0.696 bits per heavy atom. The molecule has 1 saturated carbocycles. The van der Waals surface area contributed by atoms with Crippen LogP contribution >= 0.6 is 11.8 Å². The SMILES string of the molecule is C1=CC2OC3CCC=CC3C3(C2C=C1)C1C=CC(N(C2=CC=C(C4=CCCC=C4)CC2)C2CC=CC4C5=C(CCC=C5)SC42)CC1C1C2=C(CCC=C2)CCC13. The zero-order chi connectivity index (χ0) is 36.8. The van der Waals surface area contributed by atoms with E-state index in [1.54, 1.807) is 27.3 Å². The van der Waals surface area contributed by atoms with Crippen LogP contribution in [0.4, 0.5) is 0 Å². The van der Waals surface area contributed by atoms with Crippen molar-refractivity contribution in [3.8, 4) is 0 Å². The summed E-state index contributed by atoms with van der Waals surface area (Å²) in [5.74, 6) is 4.00. The predicted octanol–water partition coefficient (Wildman–Crippen LogP) is 12.5. The maximum atomic E-state index is 7.11. The van der Waals surface area contributed by atoms with Gasteiger partial charge in [-0.05, 0) is 152 Å². The van der Waals surface area contributed by atoms with Crippen molar-refractivity contribution < 1.29 is 4.74 Å². The molecule has 1 spiro atoms. The highest BCUT2D eigenvalue weighted by molar-refractivity contribution is 8.04. The zero-order valence-corrected chi connectivity index (χ0v) is 33.9. The van der Waals surface area contributed by atoms with E-state index >= 15 is 0 Å². The third kappa shape index (κ3) is 5.24. The number of hydrogen-bond acceptors (Lipinski definition) is 3. The third-order valence-corrected chi connectivity index (χ3v) is 18.4. The summed E-state index contributed by atoms with van der Waals surface area (Å²) < 4.78 is 7.11. The fourth-order valence-corrected chi connectivity index (χ4v) is 16.5. The molecule has 56 heavy (non-hydrogen) atoms. The highest BCUT2D eigenvalue weighted by atomic mass is 32.2. The number of thioether (sulfide) groups is 1. The van der Waals surface area contributed by atoms with Gasteiger partial charge < -0.3 is 9.64 Å². The average Bonchev–Trinajstić information content (AvgIpc) is 3.79. The minimum atomic E-state index is 0.190. The van der Waals surface area contributed by atoms with Gasteiger partial charge in [0.2, 0.25) is 0 Å². The Hall–Kier alpha value is -3.27. The van der Waals surface area contributed by atoms with E-state index in [1.165, 1.54) is 75.4 Å². The molecule has 0 amide bonds. The van der Waals surface area contributed by atoms with Crippen molar-refractivity contribution in [2.75, 3.05) is 0 Å².